The summed E-state index contributed by atoms with van der Waals surface area (Å²) >= 11 is 0. The van der Waals surface area contributed by atoms with E-state index < -0.39 is 5.97 Å². The van der Waals surface area contributed by atoms with Gasteiger partial charge in [-0.15, -0.1) is 10.2 Å². The van der Waals surface area contributed by atoms with Gasteiger partial charge in [0.2, 0.25) is 0 Å². The standard InChI is InChI=1S/C14H21N3O2/c1-14(2)10(11(14)13(18)19)12-16-15-8-17(12)9-6-4-3-5-7-9/h8-11H,3-7H2,1-2H3,(H,18,19). The summed E-state index contributed by atoms with van der Waals surface area (Å²) in [7, 11) is 0. The van der Waals surface area contributed by atoms with Gasteiger partial charge in [-0.05, 0) is 18.3 Å². The van der Waals surface area contributed by atoms with Crippen molar-refractivity contribution in [2.24, 2.45) is 11.3 Å². The average molecular weight is 263 g/mol. The summed E-state index contributed by atoms with van der Waals surface area (Å²) in [4.78, 5) is 11.3. The molecule has 104 valence electrons. The second-order valence-electron chi connectivity index (χ2n) is 6.50. The first-order chi connectivity index (χ1) is 9.03. The van der Waals surface area contributed by atoms with Gasteiger partial charge in [-0.25, -0.2) is 0 Å². The normalized spacial score (nSPS) is 30.2. The van der Waals surface area contributed by atoms with E-state index in [1.54, 1.807) is 6.33 Å². The van der Waals surface area contributed by atoms with Gasteiger partial charge < -0.3 is 9.67 Å². The monoisotopic (exact) mass is 263 g/mol. The van der Waals surface area contributed by atoms with E-state index in [0.29, 0.717) is 6.04 Å². The second kappa shape index (κ2) is 4.32. The molecule has 2 atom stereocenters. The highest BCUT2D eigenvalue weighted by atomic mass is 16.4. The van der Waals surface area contributed by atoms with Crippen LogP contribution in [0.2, 0.25) is 0 Å². The smallest absolute Gasteiger partial charge is 0.307 e. The predicted molar refractivity (Wildman–Crippen MR) is 69.8 cm³/mol. The van der Waals surface area contributed by atoms with Crippen LogP contribution in [0.1, 0.15) is 63.7 Å². The molecule has 0 bridgehead atoms. The molecule has 5 heteroatoms. The Hall–Kier alpha value is -1.39. The van der Waals surface area contributed by atoms with Crippen molar-refractivity contribution in [3.63, 3.8) is 0 Å². The number of carbonyl (C=O) groups is 1. The molecule has 5 nitrogen and oxygen atoms in total. The molecule has 0 aromatic carbocycles. The molecular formula is C14H21N3O2. The molecule has 2 saturated carbocycles. The van der Waals surface area contributed by atoms with Crippen molar-refractivity contribution in [2.45, 2.75) is 57.9 Å². The maximum Gasteiger partial charge on any atom is 0.307 e. The number of carboxylic acids is 1. The lowest BCUT2D eigenvalue weighted by Crippen LogP contribution is -2.15. The highest BCUT2D eigenvalue weighted by Crippen LogP contribution is 2.64. The van der Waals surface area contributed by atoms with Crippen molar-refractivity contribution >= 4 is 5.97 Å². The Morgan fingerprint density at radius 1 is 1.37 bits per heavy atom. The lowest BCUT2D eigenvalue weighted by molar-refractivity contribution is -0.139. The Balaban J connectivity index is 1.87. The maximum atomic E-state index is 11.3. The second-order valence-corrected chi connectivity index (χ2v) is 6.50. The quantitative estimate of drug-likeness (QED) is 0.910. The third-order valence-corrected chi connectivity index (χ3v) is 4.94. The topological polar surface area (TPSA) is 68.0 Å². The van der Waals surface area contributed by atoms with Gasteiger partial charge in [-0.1, -0.05) is 33.1 Å². The van der Waals surface area contributed by atoms with Gasteiger partial charge in [0.1, 0.15) is 12.2 Å². The predicted octanol–water partition coefficient (Wildman–Crippen LogP) is 2.61. The van der Waals surface area contributed by atoms with E-state index in [2.05, 4.69) is 14.8 Å². The van der Waals surface area contributed by atoms with E-state index in [1.165, 1.54) is 19.3 Å². The van der Waals surface area contributed by atoms with Crippen LogP contribution >= 0.6 is 0 Å². The Morgan fingerprint density at radius 2 is 2.05 bits per heavy atom. The Labute approximate surface area is 113 Å². The highest BCUT2D eigenvalue weighted by Gasteiger charge is 2.65. The van der Waals surface area contributed by atoms with Gasteiger partial charge >= 0.3 is 5.97 Å². The molecule has 0 spiro atoms. The summed E-state index contributed by atoms with van der Waals surface area (Å²) in [5, 5.41) is 17.6. The zero-order valence-electron chi connectivity index (χ0n) is 11.5. The van der Waals surface area contributed by atoms with E-state index in [4.69, 9.17) is 0 Å². The first kappa shape index (κ1) is 12.6. The van der Waals surface area contributed by atoms with Crippen molar-refractivity contribution < 1.29 is 9.90 Å². The Bertz CT molecular complexity index is 489. The molecule has 0 amide bonds. The molecule has 1 aromatic rings. The maximum absolute atomic E-state index is 11.3. The van der Waals surface area contributed by atoms with Crippen molar-refractivity contribution in [3.8, 4) is 0 Å². The third kappa shape index (κ3) is 1.95. The fraction of sp³-hybridized carbons (Fsp3) is 0.786. The molecule has 3 rings (SSSR count). The molecule has 0 saturated heterocycles. The number of rotatable bonds is 3. The van der Waals surface area contributed by atoms with Gasteiger partial charge in [-0.3, -0.25) is 4.79 Å². The van der Waals surface area contributed by atoms with Crippen LogP contribution < -0.4 is 0 Å². The zero-order chi connectivity index (χ0) is 13.6. The van der Waals surface area contributed by atoms with Crippen LogP contribution in [0.15, 0.2) is 6.33 Å². The SMILES string of the molecule is CC1(C)C(C(=O)O)C1c1nncn1C1CCCCC1. The van der Waals surface area contributed by atoms with Gasteiger partial charge in [0.05, 0.1) is 5.92 Å². The fourth-order valence-corrected chi connectivity index (χ4v) is 3.70. The fourth-order valence-electron chi connectivity index (χ4n) is 3.70. The summed E-state index contributed by atoms with van der Waals surface area (Å²) in [6, 6.07) is 0.463. The van der Waals surface area contributed by atoms with Gasteiger partial charge in [0.15, 0.2) is 0 Å². The van der Waals surface area contributed by atoms with Crippen molar-refractivity contribution in [2.75, 3.05) is 0 Å². The zero-order valence-corrected chi connectivity index (χ0v) is 11.5. The summed E-state index contributed by atoms with van der Waals surface area (Å²) in [6.07, 6.45) is 7.92. The molecule has 0 aliphatic heterocycles. The van der Waals surface area contributed by atoms with Crippen molar-refractivity contribution in [1.82, 2.24) is 14.8 Å². The molecule has 2 fully saturated rings. The van der Waals surface area contributed by atoms with E-state index in [-0.39, 0.29) is 17.3 Å². The molecule has 2 unspecified atom stereocenters. The molecule has 2 aliphatic rings. The average Bonchev–Trinajstić information content (AvgIpc) is 2.75. The van der Waals surface area contributed by atoms with Crippen LogP contribution in [-0.4, -0.2) is 25.8 Å². The lowest BCUT2D eigenvalue weighted by atomic mass is 9.95. The number of carboxylic acid groups (broad SMARTS) is 1. The first-order valence-corrected chi connectivity index (χ1v) is 7.15. The van der Waals surface area contributed by atoms with E-state index in [9.17, 15) is 9.90 Å². The largest absolute Gasteiger partial charge is 0.481 e. The van der Waals surface area contributed by atoms with Gasteiger partial charge in [-0.2, -0.15) is 0 Å². The molecule has 19 heavy (non-hydrogen) atoms. The van der Waals surface area contributed by atoms with Crippen LogP contribution in [0, 0.1) is 11.3 Å². The number of hydrogen-bond donors (Lipinski definition) is 1. The lowest BCUT2D eigenvalue weighted by Gasteiger charge is -2.24. The molecular weight excluding hydrogens is 242 g/mol. The Kier molecular flexibility index (Phi) is 2.87. The molecule has 1 heterocycles. The first-order valence-electron chi connectivity index (χ1n) is 7.15. The number of hydrogen-bond acceptors (Lipinski definition) is 3. The molecule has 1 N–H and O–H groups in total. The van der Waals surface area contributed by atoms with Crippen molar-refractivity contribution in [1.29, 1.82) is 0 Å². The van der Waals surface area contributed by atoms with Crippen molar-refractivity contribution in [3.05, 3.63) is 12.2 Å². The number of aliphatic carboxylic acids is 1. The molecule has 1 aromatic heterocycles. The minimum absolute atomic E-state index is 0.00873. The van der Waals surface area contributed by atoms with Gasteiger partial charge in [0, 0.05) is 12.0 Å². The van der Waals surface area contributed by atoms with Crippen LogP contribution in [-0.2, 0) is 4.79 Å². The van der Waals surface area contributed by atoms with Crippen LogP contribution in [0.4, 0.5) is 0 Å². The molecule has 2 aliphatic carbocycles. The summed E-state index contributed by atoms with van der Waals surface area (Å²) < 4.78 is 2.15. The minimum Gasteiger partial charge on any atom is -0.481 e. The minimum atomic E-state index is -0.715. The van der Waals surface area contributed by atoms with Crippen LogP contribution in [0.3, 0.4) is 0 Å². The van der Waals surface area contributed by atoms with E-state index in [0.717, 1.165) is 18.7 Å². The van der Waals surface area contributed by atoms with Crippen LogP contribution in [0.25, 0.3) is 0 Å². The number of aromatic nitrogens is 3. The Morgan fingerprint density at radius 3 is 2.63 bits per heavy atom. The summed E-state index contributed by atoms with van der Waals surface area (Å²) in [6.45, 7) is 4.02. The molecule has 0 radical (unpaired) electrons. The summed E-state index contributed by atoms with van der Waals surface area (Å²) in [5.74, 6) is -0.147. The number of nitrogens with zero attached hydrogens (tertiary/aromatic N) is 3. The van der Waals surface area contributed by atoms with E-state index in [1.807, 2.05) is 13.8 Å². The summed E-state index contributed by atoms with van der Waals surface area (Å²) in [5.41, 5.74) is -0.203. The van der Waals surface area contributed by atoms with Gasteiger partial charge in [0.25, 0.3) is 0 Å². The highest BCUT2D eigenvalue weighted by molar-refractivity contribution is 5.77. The van der Waals surface area contributed by atoms with E-state index >= 15 is 0 Å². The van der Waals surface area contributed by atoms with Crippen LogP contribution in [0.5, 0.6) is 0 Å². The third-order valence-electron chi connectivity index (χ3n) is 4.94.